The van der Waals surface area contributed by atoms with Crippen LogP contribution in [0.1, 0.15) is 17.4 Å². The van der Waals surface area contributed by atoms with Crippen molar-refractivity contribution in [3.8, 4) is 5.75 Å². The first kappa shape index (κ1) is 11.2. The Kier molecular flexibility index (Phi) is 2.76. The van der Waals surface area contributed by atoms with Crippen molar-refractivity contribution in [3.05, 3.63) is 41.7 Å². The van der Waals surface area contributed by atoms with Gasteiger partial charge in [-0.3, -0.25) is 0 Å². The summed E-state index contributed by atoms with van der Waals surface area (Å²) in [5.74, 6) is 0.959. The molecular formula is C13H15N3O2. The highest BCUT2D eigenvalue weighted by molar-refractivity contribution is 5.35. The third-order valence-corrected chi connectivity index (χ3v) is 3.41. The fraction of sp³-hybridized carbons (Fsp3) is 0.385. The lowest BCUT2D eigenvalue weighted by Gasteiger charge is -2.28. The highest BCUT2D eigenvalue weighted by atomic mass is 16.5. The highest BCUT2D eigenvalue weighted by Gasteiger charge is 2.28. The van der Waals surface area contributed by atoms with Crippen molar-refractivity contribution in [1.82, 2.24) is 15.0 Å². The summed E-state index contributed by atoms with van der Waals surface area (Å²) in [6, 6.07) is 7.95. The molecule has 0 aliphatic carbocycles. The summed E-state index contributed by atoms with van der Waals surface area (Å²) in [4.78, 5) is 0. The fourth-order valence-corrected chi connectivity index (χ4v) is 2.36. The molecule has 1 aromatic heterocycles. The molecule has 1 aromatic carbocycles. The van der Waals surface area contributed by atoms with Crippen molar-refractivity contribution in [1.29, 1.82) is 0 Å². The molecule has 2 heterocycles. The predicted octanol–water partition coefficient (Wildman–Crippen LogP) is 1.10. The van der Waals surface area contributed by atoms with Crippen molar-refractivity contribution in [2.75, 3.05) is 6.61 Å². The molecule has 0 spiro atoms. The number of benzene rings is 1. The number of aryl methyl sites for hydroxylation is 1. The summed E-state index contributed by atoms with van der Waals surface area (Å²) in [7, 11) is 1.78. The van der Waals surface area contributed by atoms with E-state index in [0.29, 0.717) is 6.61 Å². The second-order valence-electron chi connectivity index (χ2n) is 4.61. The molecular weight excluding hydrogens is 230 g/mol. The molecule has 1 aliphatic heterocycles. The van der Waals surface area contributed by atoms with Crippen LogP contribution in [-0.2, 0) is 13.5 Å². The van der Waals surface area contributed by atoms with Gasteiger partial charge in [-0.05, 0) is 18.1 Å². The van der Waals surface area contributed by atoms with Gasteiger partial charge in [-0.2, -0.15) is 0 Å². The van der Waals surface area contributed by atoms with Crippen molar-refractivity contribution >= 4 is 0 Å². The molecule has 1 N–H and O–H groups in total. The minimum atomic E-state index is -0.599. The third-order valence-electron chi connectivity index (χ3n) is 3.41. The number of rotatable bonds is 2. The summed E-state index contributed by atoms with van der Waals surface area (Å²) in [6.07, 6.45) is 1.81. The lowest BCUT2D eigenvalue weighted by atomic mass is 9.91. The number of nitrogens with zero attached hydrogens (tertiary/aromatic N) is 3. The van der Waals surface area contributed by atoms with E-state index in [4.69, 9.17) is 4.74 Å². The van der Waals surface area contributed by atoms with Crippen LogP contribution in [0.25, 0.3) is 0 Å². The van der Waals surface area contributed by atoms with Gasteiger partial charge in [0.2, 0.25) is 0 Å². The first-order valence-electron chi connectivity index (χ1n) is 5.99. The molecule has 0 bridgehead atoms. The van der Waals surface area contributed by atoms with Crippen LogP contribution < -0.4 is 4.74 Å². The summed E-state index contributed by atoms with van der Waals surface area (Å²) >= 11 is 0. The average Bonchev–Trinajstić information content (AvgIpc) is 2.83. The van der Waals surface area contributed by atoms with Crippen LogP contribution in [0.5, 0.6) is 5.75 Å². The van der Waals surface area contributed by atoms with E-state index in [9.17, 15) is 5.11 Å². The molecule has 2 aromatic rings. The zero-order valence-electron chi connectivity index (χ0n) is 10.2. The van der Waals surface area contributed by atoms with Gasteiger partial charge in [-0.15, -0.1) is 5.10 Å². The van der Waals surface area contributed by atoms with Crippen LogP contribution in [0.4, 0.5) is 0 Å². The average molecular weight is 245 g/mol. The molecule has 18 heavy (non-hydrogen) atoms. The summed E-state index contributed by atoms with van der Waals surface area (Å²) < 4.78 is 7.29. The van der Waals surface area contributed by atoms with E-state index in [1.165, 1.54) is 0 Å². The minimum absolute atomic E-state index is 0.0390. The molecule has 0 radical (unpaired) electrons. The van der Waals surface area contributed by atoms with E-state index in [1.54, 1.807) is 17.9 Å². The SMILES string of the molecule is Cn1nncc1C(O)C1COc2ccccc2C1. The van der Waals surface area contributed by atoms with E-state index in [2.05, 4.69) is 10.3 Å². The standard InChI is InChI=1S/C13H15N3O2/c1-16-11(7-14-15-16)13(17)10-6-9-4-2-3-5-12(9)18-8-10/h2-5,7,10,13,17H,6,8H2,1H3. The predicted molar refractivity (Wildman–Crippen MR) is 65.1 cm³/mol. The molecule has 5 nitrogen and oxygen atoms in total. The summed E-state index contributed by atoms with van der Waals surface area (Å²) in [6.45, 7) is 0.517. The van der Waals surface area contributed by atoms with Crippen LogP contribution >= 0.6 is 0 Å². The van der Waals surface area contributed by atoms with Crippen molar-refractivity contribution in [2.24, 2.45) is 13.0 Å². The first-order valence-corrected chi connectivity index (χ1v) is 5.99. The lowest BCUT2D eigenvalue weighted by Crippen LogP contribution is -2.27. The molecule has 5 heteroatoms. The number of para-hydroxylation sites is 1. The van der Waals surface area contributed by atoms with Gasteiger partial charge in [0.1, 0.15) is 11.9 Å². The van der Waals surface area contributed by atoms with Gasteiger partial charge < -0.3 is 9.84 Å². The van der Waals surface area contributed by atoms with Crippen LogP contribution in [-0.4, -0.2) is 26.7 Å². The van der Waals surface area contributed by atoms with Crippen LogP contribution in [0.15, 0.2) is 30.5 Å². The van der Waals surface area contributed by atoms with E-state index in [1.807, 2.05) is 24.3 Å². The quantitative estimate of drug-likeness (QED) is 0.860. The number of fused-ring (bicyclic) bond motifs is 1. The maximum Gasteiger partial charge on any atom is 0.122 e. The lowest BCUT2D eigenvalue weighted by molar-refractivity contribution is 0.0586. The molecule has 3 rings (SSSR count). The second-order valence-corrected chi connectivity index (χ2v) is 4.61. The molecule has 1 aliphatic rings. The maximum absolute atomic E-state index is 10.4. The molecule has 0 amide bonds. The Bertz CT molecular complexity index is 553. The summed E-state index contributed by atoms with van der Waals surface area (Å²) in [5.41, 5.74) is 1.87. The molecule has 2 atom stereocenters. The number of ether oxygens (including phenoxy) is 1. The van der Waals surface area contributed by atoms with E-state index >= 15 is 0 Å². The summed E-state index contributed by atoms with van der Waals surface area (Å²) in [5, 5.41) is 18.0. The Balaban J connectivity index is 1.82. The van der Waals surface area contributed by atoms with E-state index in [0.717, 1.165) is 23.4 Å². The zero-order valence-corrected chi connectivity index (χ0v) is 10.2. The second kappa shape index (κ2) is 4.42. The molecule has 0 saturated carbocycles. The Morgan fingerprint density at radius 1 is 1.44 bits per heavy atom. The Morgan fingerprint density at radius 3 is 3.06 bits per heavy atom. The van der Waals surface area contributed by atoms with Crippen molar-refractivity contribution in [2.45, 2.75) is 12.5 Å². The number of hydrogen-bond donors (Lipinski definition) is 1. The highest BCUT2D eigenvalue weighted by Crippen LogP contribution is 2.32. The number of aliphatic hydroxyl groups excluding tert-OH is 1. The zero-order chi connectivity index (χ0) is 12.5. The molecule has 0 saturated heterocycles. The van der Waals surface area contributed by atoms with E-state index < -0.39 is 6.10 Å². The fourth-order valence-electron chi connectivity index (χ4n) is 2.36. The topological polar surface area (TPSA) is 60.2 Å². The van der Waals surface area contributed by atoms with Crippen LogP contribution in [0.3, 0.4) is 0 Å². The molecule has 2 unspecified atom stereocenters. The smallest absolute Gasteiger partial charge is 0.122 e. The number of aliphatic hydroxyl groups is 1. The number of hydrogen-bond acceptors (Lipinski definition) is 4. The Labute approximate surface area is 105 Å². The van der Waals surface area contributed by atoms with Gasteiger partial charge in [0, 0.05) is 13.0 Å². The molecule has 0 fully saturated rings. The molecule has 94 valence electrons. The normalized spacial score (nSPS) is 20.0. The van der Waals surface area contributed by atoms with Gasteiger partial charge >= 0.3 is 0 Å². The van der Waals surface area contributed by atoms with Crippen molar-refractivity contribution < 1.29 is 9.84 Å². The maximum atomic E-state index is 10.4. The van der Waals surface area contributed by atoms with Gasteiger partial charge in [-0.1, -0.05) is 23.4 Å². The van der Waals surface area contributed by atoms with Gasteiger partial charge in [0.05, 0.1) is 18.5 Å². The monoisotopic (exact) mass is 245 g/mol. The minimum Gasteiger partial charge on any atom is -0.493 e. The van der Waals surface area contributed by atoms with Crippen molar-refractivity contribution in [3.63, 3.8) is 0 Å². The largest absolute Gasteiger partial charge is 0.493 e. The van der Waals surface area contributed by atoms with Gasteiger partial charge in [-0.25, -0.2) is 4.68 Å². The van der Waals surface area contributed by atoms with Crippen LogP contribution in [0.2, 0.25) is 0 Å². The Morgan fingerprint density at radius 2 is 2.28 bits per heavy atom. The van der Waals surface area contributed by atoms with Gasteiger partial charge in [0.15, 0.2) is 0 Å². The van der Waals surface area contributed by atoms with E-state index in [-0.39, 0.29) is 5.92 Å². The van der Waals surface area contributed by atoms with Gasteiger partial charge in [0.25, 0.3) is 0 Å². The first-order chi connectivity index (χ1) is 8.75. The van der Waals surface area contributed by atoms with Crippen LogP contribution in [0, 0.1) is 5.92 Å². The third kappa shape index (κ3) is 1.86. The number of aromatic nitrogens is 3. The Hall–Kier alpha value is -1.88.